The zero-order chi connectivity index (χ0) is 9.72. The highest BCUT2D eigenvalue weighted by Crippen LogP contribution is 2.12. The molecule has 0 aromatic carbocycles. The SMILES string of the molecule is C/C=C(/C)[C@@H](O)[C@@H](O)/C(C)=C/C. The van der Waals surface area contributed by atoms with E-state index in [1.807, 2.05) is 13.8 Å². The van der Waals surface area contributed by atoms with Crippen LogP contribution in [0.5, 0.6) is 0 Å². The van der Waals surface area contributed by atoms with Crippen molar-refractivity contribution in [2.45, 2.75) is 39.9 Å². The Balaban J connectivity index is 4.39. The summed E-state index contributed by atoms with van der Waals surface area (Å²) in [6.45, 7) is 7.29. The Labute approximate surface area is 74.2 Å². The molecule has 0 radical (unpaired) electrons. The lowest BCUT2D eigenvalue weighted by atomic mass is 10.0. The molecule has 2 heteroatoms. The summed E-state index contributed by atoms with van der Waals surface area (Å²) in [4.78, 5) is 0. The predicted molar refractivity (Wildman–Crippen MR) is 50.9 cm³/mol. The monoisotopic (exact) mass is 170 g/mol. The molecular formula is C10H18O2. The standard InChI is InChI=1S/C10H18O2/c1-5-7(3)9(11)10(12)8(4)6-2/h5-6,9-12H,1-4H3/b7-5-,8-6+/t9-,10+/m1/s1. The molecule has 0 aromatic heterocycles. The summed E-state index contributed by atoms with van der Waals surface area (Å²) in [6, 6.07) is 0. The summed E-state index contributed by atoms with van der Waals surface area (Å²) in [7, 11) is 0. The summed E-state index contributed by atoms with van der Waals surface area (Å²) in [5.74, 6) is 0. The molecule has 0 heterocycles. The van der Waals surface area contributed by atoms with Gasteiger partial charge in [0.25, 0.3) is 0 Å². The van der Waals surface area contributed by atoms with Crippen LogP contribution in [0, 0.1) is 0 Å². The maximum Gasteiger partial charge on any atom is 0.104 e. The topological polar surface area (TPSA) is 40.5 Å². The maximum absolute atomic E-state index is 9.53. The fourth-order valence-corrected chi connectivity index (χ4v) is 0.840. The molecular weight excluding hydrogens is 152 g/mol. The van der Waals surface area contributed by atoms with Gasteiger partial charge in [0, 0.05) is 0 Å². The molecule has 0 saturated carbocycles. The third-order valence-corrected chi connectivity index (χ3v) is 2.14. The average Bonchev–Trinajstić information content (AvgIpc) is 2.12. The summed E-state index contributed by atoms with van der Waals surface area (Å²) >= 11 is 0. The van der Waals surface area contributed by atoms with E-state index < -0.39 is 12.2 Å². The van der Waals surface area contributed by atoms with Crippen molar-refractivity contribution in [3.05, 3.63) is 23.3 Å². The van der Waals surface area contributed by atoms with Crippen LogP contribution in [0.15, 0.2) is 23.3 Å². The highest BCUT2D eigenvalue weighted by molar-refractivity contribution is 5.15. The van der Waals surface area contributed by atoms with Crippen LogP contribution >= 0.6 is 0 Å². The van der Waals surface area contributed by atoms with E-state index in [1.54, 1.807) is 26.0 Å². The van der Waals surface area contributed by atoms with Gasteiger partial charge in [0.1, 0.15) is 12.2 Å². The number of aliphatic hydroxyl groups is 2. The van der Waals surface area contributed by atoms with Gasteiger partial charge in [-0.1, -0.05) is 12.2 Å². The van der Waals surface area contributed by atoms with Gasteiger partial charge in [-0.15, -0.1) is 0 Å². The van der Waals surface area contributed by atoms with Crippen molar-refractivity contribution in [2.24, 2.45) is 0 Å². The average molecular weight is 170 g/mol. The van der Waals surface area contributed by atoms with E-state index in [0.717, 1.165) is 11.1 Å². The van der Waals surface area contributed by atoms with Gasteiger partial charge in [-0.25, -0.2) is 0 Å². The Morgan fingerprint density at radius 3 is 1.33 bits per heavy atom. The molecule has 0 fully saturated rings. The van der Waals surface area contributed by atoms with Gasteiger partial charge in [0.2, 0.25) is 0 Å². The molecule has 0 bridgehead atoms. The lowest BCUT2D eigenvalue weighted by molar-refractivity contribution is 0.0656. The molecule has 0 rings (SSSR count). The Bertz CT molecular complexity index is 170. The van der Waals surface area contributed by atoms with Crippen LogP contribution in [0.1, 0.15) is 27.7 Å². The smallest absolute Gasteiger partial charge is 0.104 e. The van der Waals surface area contributed by atoms with Crippen molar-refractivity contribution in [2.75, 3.05) is 0 Å². The van der Waals surface area contributed by atoms with Crippen LogP contribution in [-0.4, -0.2) is 22.4 Å². The third-order valence-electron chi connectivity index (χ3n) is 2.14. The molecule has 0 aliphatic rings. The molecule has 12 heavy (non-hydrogen) atoms. The summed E-state index contributed by atoms with van der Waals surface area (Å²) in [5, 5.41) is 19.1. The van der Waals surface area contributed by atoms with Crippen molar-refractivity contribution in [3.8, 4) is 0 Å². The largest absolute Gasteiger partial charge is 0.386 e. The highest BCUT2D eigenvalue weighted by atomic mass is 16.3. The summed E-state index contributed by atoms with van der Waals surface area (Å²) < 4.78 is 0. The van der Waals surface area contributed by atoms with E-state index in [0.29, 0.717) is 0 Å². The first-order valence-corrected chi connectivity index (χ1v) is 4.16. The molecule has 0 aliphatic heterocycles. The maximum atomic E-state index is 9.53. The summed E-state index contributed by atoms with van der Waals surface area (Å²) in [6.07, 6.45) is 2.06. The molecule has 2 nitrogen and oxygen atoms in total. The number of hydrogen-bond donors (Lipinski definition) is 2. The number of allylic oxidation sites excluding steroid dienone is 2. The highest BCUT2D eigenvalue weighted by Gasteiger charge is 2.17. The molecule has 0 amide bonds. The Morgan fingerprint density at radius 2 is 1.17 bits per heavy atom. The molecule has 2 N–H and O–H groups in total. The van der Waals surface area contributed by atoms with Crippen molar-refractivity contribution < 1.29 is 10.2 Å². The van der Waals surface area contributed by atoms with E-state index >= 15 is 0 Å². The second kappa shape index (κ2) is 5.12. The Hall–Kier alpha value is -0.600. The van der Waals surface area contributed by atoms with Crippen LogP contribution < -0.4 is 0 Å². The van der Waals surface area contributed by atoms with E-state index in [2.05, 4.69) is 0 Å². The molecule has 2 atom stereocenters. The minimum atomic E-state index is -0.772. The lowest BCUT2D eigenvalue weighted by Crippen LogP contribution is -2.27. The second-order valence-corrected chi connectivity index (χ2v) is 2.96. The van der Waals surface area contributed by atoms with Crippen molar-refractivity contribution in [3.63, 3.8) is 0 Å². The van der Waals surface area contributed by atoms with Gasteiger partial charge < -0.3 is 10.2 Å². The molecule has 0 unspecified atom stereocenters. The first-order chi connectivity index (χ1) is 5.54. The molecule has 0 aliphatic carbocycles. The molecule has 0 spiro atoms. The van der Waals surface area contributed by atoms with Gasteiger partial charge >= 0.3 is 0 Å². The van der Waals surface area contributed by atoms with Gasteiger partial charge in [-0.05, 0) is 38.8 Å². The molecule has 0 aromatic rings. The number of aliphatic hydroxyl groups excluding tert-OH is 2. The van der Waals surface area contributed by atoms with Gasteiger partial charge in [0.05, 0.1) is 0 Å². The Morgan fingerprint density at radius 1 is 0.917 bits per heavy atom. The van der Waals surface area contributed by atoms with E-state index in [-0.39, 0.29) is 0 Å². The fraction of sp³-hybridized carbons (Fsp3) is 0.600. The van der Waals surface area contributed by atoms with Crippen molar-refractivity contribution in [1.82, 2.24) is 0 Å². The van der Waals surface area contributed by atoms with Gasteiger partial charge in [0.15, 0.2) is 0 Å². The lowest BCUT2D eigenvalue weighted by Gasteiger charge is -2.18. The third kappa shape index (κ3) is 2.80. The van der Waals surface area contributed by atoms with Crippen LogP contribution in [-0.2, 0) is 0 Å². The van der Waals surface area contributed by atoms with Crippen LogP contribution in [0.2, 0.25) is 0 Å². The van der Waals surface area contributed by atoms with Crippen LogP contribution in [0.3, 0.4) is 0 Å². The number of hydrogen-bond acceptors (Lipinski definition) is 2. The first-order valence-electron chi connectivity index (χ1n) is 4.16. The van der Waals surface area contributed by atoms with Gasteiger partial charge in [-0.2, -0.15) is 0 Å². The zero-order valence-electron chi connectivity index (χ0n) is 8.20. The predicted octanol–water partition coefficient (Wildman–Crippen LogP) is 1.64. The first kappa shape index (κ1) is 11.4. The minimum absolute atomic E-state index is 0.772. The van der Waals surface area contributed by atoms with Crippen molar-refractivity contribution >= 4 is 0 Å². The van der Waals surface area contributed by atoms with Crippen LogP contribution in [0.4, 0.5) is 0 Å². The fourth-order valence-electron chi connectivity index (χ4n) is 0.840. The van der Waals surface area contributed by atoms with E-state index in [1.165, 1.54) is 0 Å². The second-order valence-electron chi connectivity index (χ2n) is 2.96. The number of rotatable bonds is 3. The summed E-state index contributed by atoms with van der Waals surface area (Å²) in [5.41, 5.74) is 1.59. The quantitative estimate of drug-likeness (QED) is 0.632. The molecule has 70 valence electrons. The van der Waals surface area contributed by atoms with E-state index in [4.69, 9.17) is 0 Å². The zero-order valence-corrected chi connectivity index (χ0v) is 8.20. The molecule has 0 saturated heterocycles. The van der Waals surface area contributed by atoms with Crippen LogP contribution in [0.25, 0.3) is 0 Å². The normalized spacial score (nSPS) is 19.2. The van der Waals surface area contributed by atoms with E-state index in [9.17, 15) is 10.2 Å². The minimum Gasteiger partial charge on any atom is -0.386 e. The van der Waals surface area contributed by atoms with Gasteiger partial charge in [-0.3, -0.25) is 0 Å². The van der Waals surface area contributed by atoms with Crippen molar-refractivity contribution in [1.29, 1.82) is 0 Å². The Kier molecular flexibility index (Phi) is 4.86.